The predicted octanol–water partition coefficient (Wildman–Crippen LogP) is 10.5. The maximum atomic E-state index is 6.36. The Labute approximate surface area is 231 Å². The summed E-state index contributed by atoms with van der Waals surface area (Å²) in [7, 11) is 0. The fraction of sp³-hybridized carbons (Fsp3) is 0. The zero-order chi connectivity index (χ0) is 26.2. The van der Waals surface area contributed by atoms with Crippen LogP contribution in [0.25, 0.3) is 71.3 Å². The molecule has 1 aliphatic rings. The molecule has 40 heavy (non-hydrogen) atoms. The van der Waals surface area contributed by atoms with Crippen molar-refractivity contribution < 1.29 is 4.74 Å². The van der Waals surface area contributed by atoms with Crippen molar-refractivity contribution in [2.24, 2.45) is 0 Å². The van der Waals surface area contributed by atoms with Crippen LogP contribution in [0.4, 0.5) is 0 Å². The Bertz CT molecular complexity index is 2290. The summed E-state index contributed by atoms with van der Waals surface area (Å²) in [5.74, 6) is 1.83. The third kappa shape index (κ3) is 2.99. The number of rotatable bonds is 2. The average Bonchev–Trinajstić information content (AvgIpc) is 3.33. The van der Waals surface area contributed by atoms with E-state index in [0.29, 0.717) is 0 Å². The first kappa shape index (κ1) is 21.6. The van der Waals surface area contributed by atoms with E-state index in [9.17, 15) is 0 Å². The van der Waals surface area contributed by atoms with E-state index in [-0.39, 0.29) is 0 Å². The van der Waals surface area contributed by atoms with Crippen LogP contribution in [0.1, 0.15) is 0 Å². The molecule has 1 aromatic heterocycles. The number of nitrogens with zero attached hydrogens (tertiary/aromatic N) is 1. The Morgan fingerprint density at radius 1 is 0.425 bits per heavy atom. The maximum Gasteiger partial charge on any atom is 0.135 e. The van der Waals surface area contributed by atoms with E-state index in [2.05, 4.69) is 132 Å². The number of para-hydroxylation sites is 2. The molecule has 2 heterocycles. The van der Waals surface area contributed by atoms with Gasteiger partial charge in [0.15, 0.2) is 0 Å². The van der Waals surface area contributed by atoms with Gasteiger partial charge in [-0.1, -0.05) is 91.0 Å². The standard InChI is InChI=1S/C38H23NO/c1-2-11-27(12-3-1)39-34-19-17-26(22-32(34)33-21-24-9-4-5-10-25(24)23-35(33)39)28-18-20-37-38-30(28)14-8-15-31(38)29-13-6-7-16-36(29)40-37/h1-23H. The normalized spacial score (nSPS) is 12.2. The average molecular weight is 510 g/mol. The van der Waals surface area contributed by atoms with Crippen LogP contribution >= 0.6 is 0 Å². The van der Waals surface area contributed by atoms with Gasteiger partial charge in [0.1, 0.15) is 11.5 Å². The number of aromatic nitrogens is 1. The first-order valence-corrected chi connectivity index (χ1v) is 13.7. The summed E-state index contributed by atoms with van der Waals surface area (Å²) in [6, 6.07) is 50.1. The molecule has 1 aliphatic heterocycles. The second kappa shape index (κ2) is 8.08. The molecule has 0 N–H and O–H groups in total. The van der Waals surface area contributed by atoms with Crippen molar-refractivity contribution in [2.75, 3.05) is 0 Å². The van der Waals surface area contributed by atoms with Crippen LogP contribution in [0, 0.1) is 0 Å². The lowest BCUT2D eigenvalue weighted by Gasteiger charge is -2.22. The monoisotopic (exact) mass is 509 g/mol. The van der Waals surface area contributed by atoms with Gasteiger partial charge in [0.25, 0.3) is 0 Å². The lowest BCUT2D eigenvalue weighted by molar-refractivity contribution is 0.487. The highest BCUT2D eigenvalue weighted by Gasteiger charge is 2.22. The van der Waals surface area contributed by atoms with Crippen LogP contribution in [-0.4, -0.2) is 4.57 Å². The first-order valence-electron chi connectivity index (χ1n) is 13.7. The fourth-order valence-corrected chi connectivity index (χ4v) is 6.56. The SMILES string of the molecule is c1ccc(-n2c3ccc(-c4ccc5c6c(cccc46)-c4ccccc4O5)cc3c3cc4ccccc4cc32)cc1. The minimum absolute atomic E-state index is 0.914. The summed E-state index contributed by atoms with van der Waals surface area (Å²) in [4.78, 5) is 0. The lowest BCUT2D eigenvalue weighted by Crippen LogP contribution is -1.97. The largest absolute Gasteiger partial charge is 0.456 e. The molecule has 0 bridgehead atoms. The highest BCUT2D eigenvalue weighted by Crippen LogP contribution is 2.48. The summed E-state index contributed by atoms with van der Waals surface area (Å²) in [6.07, 6.45) is 0. The molecule has 2 nitrogen and oxygen atoms in total. The van der Waals surface area contributed by atoms with Gasteiger partial charge in [0, 0.05) is 27.4 Å². The molecule has 2 heteroatoms. The third-order valence-corrected chi connectivity index (χ3v) is 8.36. The van der Waals surface area contributed by atoms with E-state index in [1.54, 1.807) is 0 Å². The smallest absolute Gasteiger partial charge is 0.135 e. The highest BCUT2D eigenvalue weighted by molar-refractivity contribution is 6.16. The van der Waals surface area contributed by atoms with Gasteiger partial charge >= 0.3 is 0 Å². The van der Waals surface area contributed by atoms with Gasteiger partial charge < -0.3 is 9.30 Å². The molecule has 8 aromatic rings. The first-order chi connectivity index (χ1) is 19.8. The van der Waals surface area contributed by atoms with E-state index in [1.165, 1.54) is 65.7 Å². The van der Waals surface area contributed by atoms with Crippen LogP contribution in [0.5, 0.6) is 11.5 Å². The van der Waals surface area contributed by atoms with Crippen LogP contribution in [-0.2, 0) is 0 Å². The minimum Gasteiger partial charge on any atom is -0.456 e. The van der Waals surface area contributed by atoms with Gasteiger partial charge in [-0.2, -0.15) is 0 Å². The van der Waals surface area contributed by atoms with Gasteiger partial charge in [-0.25, -0.2) is 0 Å². The summed E-state index contributed by atoms with van der Waals surface area (Å²) in [5, 5.41) is 7.41. The Kier molecular flexibility index (Phi) is 4.36. The van der Waals surface area contributed by atoms with Crippen LogP contribution in [0.3, 0.4) is 0 Å². The Morgan fingerprint density at radius 3 is 2.08 bits per heavy atom. The molecule has 7 aromatic carbocycles. The quantitative estimate of drug-likeness (QED) is 0.226. The van der Waals surface area contributed by atoms with E-state index >= 15 is 0 Å². The van der Waals surface area contributed by atoms with Crippen molar-refractivity contribution >= 4 is 43.4 Å². The third-order valence-electron chi connectivity index (χ3n) is 8.36. The Hall–Kier alpha value is -5.34. The topological polar surface area (TPSA) is 14.2 Å². The number of benzene rings is 7. The summed E-state index contributed by atoms with van der Waals surface area (Å²) < 4.78 is 8.75. The molecule has 0 amide bonds. The molecule has 9 rings (SSSR count). The Balaban J connectivity index is 1.34. The summed E-state index contributed by atoms with van der Waals surface area (Å²) >= 11 is 0. The molecular weight excluding hydrogens is 486 g/mol. The fourth-order valence-electron chi connectivity index (χ4n) is 6.56. The van der Waals surface area contributed by atoms with Crippen molar-refractivity contribution in [3.05, 3.63) is 140 Å². The molecular formula is C38H23NO. The highest BCUT2D eigenvalue weighted by atomic mass is 16.5. The molecule has 186 valence electrons. The van der Waals surface area contributed by atoms with E-state index in [4.69, 9.17) is 4.74 Å². The number of hydrogen-bond donors (Lipinski definition) is 0. The lowest BCUT2D eigenvalue weighted by atomic mass is 9.90. The van der Waals surface area contributed by atoms with Crippen molar-refractivity contribution in [3.63, 3.8) is 0 Å². The number of fused-ring (bicyclic) bond motifs is 6. The zero-order valence-electron chi connectivity index (χ0n) is 21.6. The van der Waals surface area contributed by atoms with E-state index in [1.807, 2.05) is 12.1 Å². The summed E-state index contributed by atoms with van der Waals surface area (Å²) in [5.41, 5.74) is 8.39. The van der Waals surface area contributed by atoms with Crippen molar-refractivity contribution in [3.8, 4) is 39.4 Å². The van der Waals surface area contributed by atoms with Gasteiger partial charge in [-0.15, -0.1) is 0 Å². The molecule has 0 radical (unpaired) electrons. The maximum absolute atomic E-state index is 6.36. The number of hydrogen-bond acceptors (Lipinski definition) is 1. The molecule has 0 saturated carbocycles. The van der Waals surface area contributed by atoms with Crippen LogP contribution < -0.4 is 4.74 Å². The summed E-state index contributed by atoms with van der Waals surface area (Å²) in [6.45, 7) is 0. The van der Waals surface area contributed by atoms with Crippen molar-refractivity contribution in [2.45, 2.75) is 0 Å². The Morgan fingerprint density at radius 2 is 1.18 bits per heavy atom. The molecule has 0 fully saturated rings. The molecule has 0 unspecified atom stereocenters. The van der Waals surface area contributed by atoms with E-state index in [0.717, 1.165) is 17.1 Å². The van der Waals surface area contributed by atoms with Gasteiger partial charge in [0.2, 0.25) is 0 Å². The minimum atomic E-state index is 0.914. The van der Waals surface area contributed by atoms with Crippen LogP contribution in [0.2, 0.25) is 0 Å². The molecule has 0 aliphatic carbocycles. The predicted molar refractivity (Wildman–Crippen MR) is 167 cm³/mol. The zero-order valence-corrected chi connectivity index (χ0v) is 21.6. The molecule has 0 spiro atoms. The van der Waals surface area contributed by atoms with Crippen molar-refractivity contribution in [1.29, 1.82) is 0 Å². The molecule has 0 atom stereocenters. The van der Waals surface area contributed by atoms with Crippen LogP contribution in [0.15, 0.2) is 140 Å². The van der Waals surface area contributed by atoms with Gasteiger partial charge in [-0.3, -0.25) is 0 Å². The van der Waals surface area contributed by atoms with Crippen molar-refractivity contribution in [1.82, 2.24) is 4.57 Å². The van der Waals surface area contributed by atoms with Gasteiger partial charge in [-0.05, 0) is 81.4 Å². The second-order valence-electron chi connectivity index (χ2n) is 10.6. The molecule has 0 saturated heterocycles. The second-order valence-corrected chi connectivity index (χ2v) is 10.6. The van der Waals surface area contributed by atoms with E-state index < -0.39 is 0 Å². The number of ether oxygens (including phenoxy) is 1. The van der Waals surface area contributed by atoms with Gasteiger partial charge in [0.05, 0.1) is 11.0 Å².